The molecule has 1 fully saturated rings. The first-order chi connectivity index (χ1) is 17.3. The van der Waals surface area contributed by atoms with Gasteiger partial charge in [-0.05, 0) is 20.1 Å². The predicted octanol–water partition coefficient (Wildman–Crippen LogP) is 4.18. The molecule has 5 rings (SSSR count). The molecule has 0 spiro atoms. The molecule has 3 N–H and O–H groups in total. The van der Waals surface area contributed by atoms with Gasteiger partial charge in [0.15, 0.2) is 17.3 Å². The fraction of sp³-hybridized carbons (Fsp3) is 0.300. The number of nitrogens with one attached hydrogen (secondary N) is 3. The summed E-state index contributed by atoms with van der Waals surface area (Å²) in [7, 11) is 0. The van der Waals surface area contributed by atoms with Gasteiger partial charge in [-0.2, -0.15) is 5.10 Å². The van der Waals surface area contributed by atoms with Gasteiger partial charge < -0.3 is 15.0 Å². The smallest absolute Gasteiger partial charge is 0.231 e. The number of nitrogens with zero attached hydrogens (tertiary/aromatic N) is 4. The third-order valence-corrected chi connectivity index (χ3v) is 5.33. The van der Waals surface area contributed by atoms with E-state index in [4.69, 9.17) is 19.8 Å². The van der Waals surface area contributed by atoms with E-state index in [0.29, 0.717) is 5.65 Å². The maximum atomic E-state index is 15.5. The van der Waals surface area contributed by atoms with Crippen LogP contribution in [0.4, 0.5) is 20.3 Å². The molecule has 31 heavy (non-hydrogen) atoms. The van der Waals surface area contributed by atoms with Crippen molar-refractivity contribution in [3.05, 3.63) is 35.6 Å². The Morgan fingerprint density at radius 2 is 2.23 bits per heavy atom. The molecule has 1 aliphatic rings. The number of hydrogen-bond acceptors (Lipinski definition) is 5. The molecule has 8 nitrogen and oxygen atoms in total. The number of imidazole rings is 1. The summed E-state index contributed by atoms with van der Waals surface area (Å²) < 4.78 is 75.7. The number of carbonyl (C=O) groups is 1. The Morgan fingerprint density at radius 3 is 2.97 bits per heavy atom. The van der Waals surface area contributed by atoms with Gasteiger partial charge in [0.1, 0.15) is 6.17 Å². The number of halogens is 3. The molecule has 4 aromatic rings. The minimum Gasteiger partial charge on any atom is -0.379 e. The largest absolute Gasteiger partial charge is 0.379 e. The maximum absolute atomic E-state index is 15.5. The molecular formula is C20H18ClF2N7O. The summed E-state index contributed by atoms with van der Waals surface area (Å²) in [6, 6.07) is -2.08. The third-order valence-electron chi connectivity index (χ3n) is 4.98. The molecule has 0 saturated heterocycles. The average Bonchev–Trinajstić information content (AvgIpc) is 3.15. The molecule has 11 heteroatoms. The van der Waals surface area contributed by atoms with Gasteiger partial charge in [0, 0.05) is 31.4 Å². The number of aromatic amines is 1. The fourth-order valence-corrected chi connectivity index (χ4v) is 3.68. The SMILES string of the molecule is [2H]C([2H])([2H])C(Nc1c(F)c(Cl)c(-c2cn3cc(NC(=O)[C@@H]4C[C@@H]4F)nc3cn2)c2cn[nH]c12)C([2H])([2H])[2H]. The van der Waals surface area contributed by atoms with E-state index in [-0.39, 0.29) is 34.4 Å². The van der Waals surface area contributed by atoms with Crippen LogP contribution in [0.25, 0.3) is 27.8 Å². The molecule has 1 aromatic carbocycles. The summed E-state index contributed by atoms with van der Waals surface area (Å²) in [6.45, 7) is -5.97. The van der Waals surface area contributed by atoms with Gasteiger partial charge in [0.25, 0.3) is 0 Å². The van der Waals surface area contributed by atoms with Crippen molar-refractivity contribution in [1.29, 1.82) is 0 Å². The minimum atomic E-state index is -2.99. The lowest BCUT2D eigenvalue weighted by atomic mass is 10.1. The highest BCUT2D eigenvalue weighted by Gasteiger charge is 2.43. The number of fused-ring (bicyclic) bond motifs is 2. The predicted molar refractivity (Wildman–Crippen MR) is 113 cm³/mol. The van der Waals surface area contributed by atoms with Crippen LogP contribution < -0.4 is 10.6 Å². The fourth-order valence-electron chi connectivity index (χ4n) is 3.39. The van der Waals surface area contributed by atoms with E-state index < -0.39 is 54.3 Å². The zero-order chi connectivity index (χ0) is 26.9. The highest BCUT2D eigenvalue weighted by atomic mass is 35.5. The van der Waals surface area contributed by atoms with Gasteiger partial charge in [0.05, 0.1) is 46.4 Å². The first-order valence-electron chi connectivity index (χ1n) is 12.2. The molecule has 2 atom stereocenters. The van der Waals surface area contributed by atoms with E-state index >= 15 is 4.39 Å². The van der Waals surface area contributed by atoms with Crippen LogP contribution in [0.3, 0.4) is 0 Å². The zero-order valence-corrected chi connectivity index (χ0v) is 16.3. The summed E-state index contributed by atoms with van der Waals surface area (Å²) in [6.07, 6.45) is 4.62. The molecule has 0 radical (unpaired) electrons. The van der Waals surface area contributed by atoms with E-state index in [0.717, 1.165) is 0 Å². The Balaban J connectivity index is 1.55. The Kier molecular flexibility index (Phi) is 3.21. The second-order valence-electron chi connectivity index (χ2n) is 7.13. The summed E-state index contributed by atoms with van der Waals surface area (Å²) in [5.41, 5.74) is 0.147. The van der Waals surface area contributed by atoms with Crippen molar-refractivity contribution in [3.8, 4) is 11.3 Å². The molecule has 1 aliphatic carbocycles. The first-order valence-corrected chi connectivity index (χ1v) is 9.54. The number of hydrogen-bond donors (Lipinski definition) is 3. The molecular weight excluding hydrogens is 428 g/mol. The minimum absolute atomic E-state index is 0.0129. The van der Waals surface area contributed by atoms with Crippen molar-refractivity contribution < 1.29 is 21.8 Å². The molecule has 0 aliphatic heterocycles. The Labute approximate surface area is 188 Å². The Hall–Kier alpha value is -3.27. The van der Waals surface area contributed by atoms with Crippen LogP contribution >= 0.6 is 11.6 Å². The highest BCUT2D eigenvalue weighted by Crippen LogP contribution is 2.41. The number of carbonyl (C=O) groups excluding carboxylic acids is 1. The lowest BCUT2D eigenvalue weighted by Crippen LogP contribution is -2.15. The van der Waals surface area contributed by atoms with E-state index in [1.165, 1.54) is 29.2 Å². The van der Waals surface area contributed by atoms with Gasteiger partial charge in [-0.3, -0.25) is 14.9 Å². The van der Waals surface area contributed by atoms with Crippen LogP contribution in [0, 0.1) is 11.7 Å². The van der Waals surface area contributed by atoms with Crippen LogP contribution in [-0.2, 0) is 4.79 Å². The number of H-pyrrole nitrogens is 1. The van der Waals surface area contributed by atoms with Gasteiger partial charge in [0.2, 0.25) is 5.91 Å². The van der Waals surface area contributed by atoms with Gasteiger partial charge in [-0.15, -0.1) is 0 Å². The van der Waals surface area contributed by atoms with Gasteiger partial charge in [-0.1, -0.05) is 11.6 Å². The average molecular weight is 452 g/mol. The van der Waals surface area contributed by atoms with Crippen molar-refractivity contribution in [2.75, 3.05) is 10.6 Å². The van der Waals surface area contributed by atoms with Gasteiger partial charge >= 0.3 is 0 Å². The number of amides is 1. The van der Waals surface area contributed by atoms with Crippen molar-refractivity contribution in [3.63, 3.8) is 0 Å². The van der Waals surface area contributed by atoms with E-state index in [2.05, 4.69) is 30.8 Å². The van der Waals surface area contributed by atoms with Crippen molar-refractivity contribution >= 4 is 45.6 Å². The Morgan fingerprint density at radius 1 is 1.42 bits per heavy atom. The van der Waals surface area contributed by atoms with Gasteiger partial charge in [-0.25, -0.2) is 13.8 Å². The van der Waals surface area contributed by atoms with Crippen LogP contribution in [0.15, 0.2) is 24.8 Å². The number of alkyl halides is 1. The lowest BCUT2D eigenvalue weighted by molar-refractivity contribution is -0.117. The van der Waals surface area contributed by atoms with Crippen molar-refractivity contribution in [1.82, 2.24) is 24.6 Å². The summed E-state index contributed by atoms with van der Waals surface area (Å²) in [5.74, 6) is -2.10. The lowest BCUT2D eigenvalue weighted by Gasteiger charge is -2.15. The monoisotopic (exact) mass is 451 g/mol. The quantitative estimate of drug-likeness (QED) is 0.422. The normalized spacial score (nSPS) is 21.8. The number of rotatable bonds is 5. The van der Waals surface area contributed by atoms with Crippen LogP contribution in [0.2, 0.25) is 5.02 Å². The van der Waals surface area contributed by atoms with Crippen LogP contribution in [0.1, 0.15) is 28.3 Å². The second kappa shape index (κ2) is 7.16. The molecule has 0 bridgehead atoms. The van der Waals surface area contributed by atoms with Crippen LogP contribution in [-0.4, -0.2) is 42.7 Å². The second-order valence-corrected chi connectivity index (χ2v) is 7.50. The zero-order valence-electron chi connectivity index (χ0n) is 21.6. The molecule has 160 valence electrons. The Bertz CT molecular complexity index is 1520. The summed E-state index contributed by atoms with van der Waals surface area (Å²) in [5, 5.41) is 11.1. The third kappa shape index (κ3) is 3.36. The number of aromatic nitrogens is 5. The standard InChI is InChI=1S/C20H18ClF2N7O/c1-8(2)26-19-17(23)16(21)15(10-4-25-29-18(10)19)12-6-30-7-13(27-14(30)5-24-12)28-20(31)9-3-11(9)22/h4-9,11,26H,3H2,1-2H3,(H,25,29)(H,28,31)/t9-,11+/m1/s1/i1D3,2D3. The van der Waals surface area contributed by atoms with E-state index in [9.17, 15) is 9.18 Å². The van der Waals surface area contributed by atoms with Crippen molar-refractivity contribution in [2.45, 2.75) is 32.3 Å². The molecule has 1 saturated carbocycles. The first kappa shape index (κ1) is 13.9. The van der Waals surface area contributed by atoms with E-state index in [1.54, 1.807) is 0 Å². The number of anilines is 2. The van der Waals surface area contributed by atoms with Crippen molar-refractivity contribution in [2.24, 2.45) is 5.92 Å². The highest BCUT2D eigenvalue weighted by molar-refractivity contribution is 6.35. The molecule has 0 unspecified atom stereocenters. The number of benzene rings is 1. The van der Waals surface area contributed by atoms with Crippen LogP contribution in [0.5, 0.6) is 0 Å². The molecule has 3 aromatic heterocycles. The summed E-state index contributed by atoms with van der Waals surface area (Å²) in [4.78, 5) is 20.5. The maximum Gasteiger partial charge on any atom is 0.231 e. The van der Waals surface area contributed by atoms with E-state index in [1.807, 2.05) is 0 Å². The molecule has 1 amide bonds. The topological polar surface area (TPSA) is 100 Å². The molecule has 3 heterocycles. The summed E-state index contributed by atoms with van der Waals surface area (Å²) >= 11 is 6.37.